The molecule has 3 heterocycles. The van der Waals surface area contributed by atoms with E-state index in [4.69, 9.17) is 16.9 Å². The van der Waals surface area contributed by atoms with Gasteiger partial charge in [0.05, 0.1) is 5.56 Å². The first-order valence-electron chi connectivity index (χ1n) is 7.91. The second-order valence-corrected chi connectivity index (χ2v) is 6.33. The number of pyridine rings is 1. The minimum Gasteiger partial charge on any atom is -0.356 e. The number of piperidine rings is 1. The molecule has 24 heavy (non-hydrogen) atoms. The Morgan fingerprint density at radius 1 is 1.25 bits per heavy atom. The molecule has 1 aliphatic heterocycles. The van der Waals surface area contributed by atoms with Crippen molar-refractivity contribution >= 4 is 23.2 Å². The van der Waals surface area contributed by atoms with E-state index in [2.05, 4.69) is 37.9 Å². The van der Waals surface area contributed by atoms with Gasteiger partial charge < -0.3 is 9.80 Å². The van der Waals surface area contributed by atoms with Crippen molar-refractivity contribution < 1.29 is 0 Å². The van der Waals surface area contributed by atoms with E-state index in [1.54, 1.807) is 12.4 Å². The molecule has 0 unspecified atom stereocenters. The first kappa shape index (κ1) is 16.5. The number of nitriles is 1. The molecule has 0 atom stereocenters. The molecule has 1 aliphatic rings. The van der Waals surface area contributed by atoms with Gasteiger partial charge in [-0.1, -0.05) is 0 Å². The molecular weight excluding hydrogens is 324 g/mol. The van der Waals surface area contributed by atoms with Crippen LogP contribution in [-0.2, 0) is 0 Å². The van der Waals surface area contributed by atoms with E-state index in [-0.39, 0.29) is 5.28 Å². The lowest BCUT2D eigenvalue weighted by atomic mass is 10.0. The predicted molar refractivity (Wildman–Crippen MR) is 94.4 cm³/mol. The average molecular weight is 343 g/mol. The van der Waals surface area contributed by atoms with Crippen LogP contribution in [0.25, 0.3) is 0 Å². The summed E-state index contributed by atoms with van der Waals surface area (Å²) in [4.78, 5) is 17.2. The number of hydrogen-bond donors (Lipinski definition) is 0. The van der Waals surface area contributed by atoms with E-state index in [1.807, 2.05) is 19.1 Å². The molecule has 6 nitrogen and oxygen atoms in total. The molecule has 7 heteroatoms. The van der Waals surface area contributed by atoms with Crippen LogP contribution in [0.15, 0.2) is 24.5 Å². The highest BCUT2D eigenvalue weighted by Gasteiger charge is 2.25. The Bertz CT molecular complexity index is 747. The lowest BCUT2D eigenvalue weighted by Crippen LogP contribution is -2.44. The van der Waals surface area contributed by atoms with Crippen molar-refractivity contribution in [2.24, 2.45) is 0 Å². The van der Waals surface area contributed by atoms with Crippen LogP contribution in [0, 0.1) is 18.3 Å². The van der Waals surface area contributed by atoms with E-state index in [0.717, 1.165) is 43.1 Å². The molecule has 2 aromatic heterocycles. The van der Waals surface area contributed by atoms with Gasteiger partial charge in [-0.2, -0.15) is 5.26 Å². The van der Waals surface area contributed by atoms with E-state index >= 15 is 0 Å². The third-order valence-corrected chi connectivity index (χ3v) is 4.64. The molecule has 0 saturated carbocycles. The van der Waals surface area contributed by atoms with Crippen molar-refractivity contribution in [2.75, 3.05) is 29.9 Å². The standard InChI is InChI=1S/C17H19ClN6/c1-12-10-21-17(18)22-16(12)23(2)14-5-7-24(8-6-14)15-4-3-13(9-19)11-20-15/h3-4,10-11,14H,5-8H2,1-2H3. The predicted octanol–water partition coefficient (Wildman–Crippen LogP) is 2.81. The van der Waals surface area contributed by atoms with Crippen LogP contribution >= 0.6 is 11.6 Å². The largest absolute Gasteiger partial charge is 0.356 e. The number of nitrogens with zero attached hydrogens (tertiary/aromatic N) is 6. The van der Waals surface area contributed by atoms with Crippen LogP contribution in [0.2, 0.25) is 5.28 Å². The Balaban J connectivity index is 1.66. The molecule has 0 aliphatic carbocycles. The van der Waals surface area contributed by atoms with Crippen LogP contribution < -0.4 is 9.80 Å². The van der Waals surface area contributed by atoms with Crippen molar-refractivity contribution in [3.8, 4) is 6.07 Å². The SMILES string of the molecule is Cc1cnc(Cl)nc1N(C)C1CCN(c2ccc(C#N)cn2)CC1. The van der Waals surface area contributed by atoms with Gasteiger partial charge in [-0.15, -0.1) is 0 Å². The van der Waals surface area contributed by atoms with Crippen LogP contribution in [0.3, 0.4) is 0 Å². The Kier molecular flexibility index (Phi) is 4.81. The zero-order valence-electron chi connectivity index (χ0n) is 13.8. The van der Waals surface area contributed by atoms with Gasteiger partial charge in [-0.05, 0) is 43.5 Å². The molecule has 0 spiro atoms. The van der Waals surface area contributed by atoms with Gasteiger partial charge in [0.1, 0.15) is 17.7 Å². The summed E-state index contributed by atoms with van der Waals surface area (Å²) < 4.78 is 0. The zero-order valence-corrected chi connectivity index (χ0v) is 14.5. The number of halogens is 1. The Morgan fingerprint density at radius 2 is 2.00 bits per heavy atom. The maximum atomic E-state index is 8.86. The molecule has 0 bridgehead atoms. The summed E-state index contributed by atoms with van der Waals surface area (Å²) in [5.41, 5.74) is 1.61. The van der Waals surface area contributed by atoms with Crippen LogP contribution in [0.4, 0.5) is 11.6 Å². The van der Waals surface area contributed by atoms with Gasteiger partial charge in [0.25, 0.3) is 0 Å². The fraction of sp³-hybridized carbons (Fsp3) is 0.412. The van der Waals surface area contributed by atoms with Crippen molar-refractivity contribution in [3.63, 3.8) is 0 Å². The van der Waals surface area contributed by atoms with Crippen molar-refractivity contribution in [1.29, 1.82) is 5.26 Å². The second-order valence-electron chi connectivity index (χ2n) is 5.99. The summed E-state index contributed by atoms with van der Waals surface area (Å²) in [6, 6.07) is 6.23. The molecule has 3 rings (SSSR count). The number of aryl methyl sites for hydroxylation is 1. The van der Waals surface area contributed by atoms with Gasteiger partial charge in [0.2, 0.25) is 5.28 Å². The molecule has 2 aromatic rings. The first-order chi connectivity index (χ1) is 11.6. The zero-order chi connectivity index (χ0) is 17.1. The summed E-state index contributed by atoms with van der Waals surface area (Å²) in [7, 11) is 2.06. The molecule has 1 saturated heterocycles. The maximum Gasteiger partial charge on any atom is 0.224 e. The first-order valence-corrected chi connectivity index (χ1v) is 8.29. The van der Waals surface area contributed by atoms with Gasteiger partial charge in [-0.3, -0.25) is 0 Å². The summed E-state index contributed by atoms with van der Waals surface area (Å²) in [5.74, 6) is 1.82. The fourth-order valence-electron chi connectivity index (χ4n) is 3.06. The lowest BCUT2D eigenvalue weighted by Gasteiger charge is -2.38. The van der Waals surface area contributed by atoms with Crippen molar-refractivity contribution in [3.05, 3.63) is 40.9 Å². The molecule has 0 N–H and O–H groups in total. The monoisotopic (exact) mass is 342 g/mol. The van der Waals surface area contributed by atoms with Crippen LogP contribution in [-0.4, -0.2) is 41.1 Å². The van der Waals surface area contributed by atoms with E-state index in [1.165, 1.54) is 0 Å². The van der Waals surface area contributed by atoms with Gasteiger partial charge in [0.15, 0.2) is 0 Å². The van der Waals surface area contributed by atoms with Gasteiger partial charge in [-0.25, -0.2) is 15.0 Å². The average Bonchev–Trinajstić information content (AvgIpc) is 2.63. The molecule has 0 aromatic carbocycles. The van der Waals surface area contributed by atoms with E-state index in [0.29, 0.717) is 11.6 Å². The number of rotatable bonds is 3. The minimum atomic E-state index is 0.279. The van der Waals surface area contributed by atoms with Crippen LogP contribution in [0.1, 0.15) is 24.0 Å². The molecule has 1 fully saturated rings. The third kappa shape index (κ3) is 3.41. The lowest BCUT2D eigenvalue weighted by molar-refractivity contribution is 0.477. The second kappa shape index (κ2) is 7.02. The maximum absolute atomic E-state index is 8.86. The topological polar surface area (TPSA) is 68.9 Å². The van der Waals surface area contributed by atoms with Crippen molar-refractivity contribution in [1.82, 2.24) is 15.0 Å². The summed E-state index contributed by atoms with van der Waals surface area (Å²) in [5, 5.41) is 9.14. The van der Waals surface area contributed by atoms with Crippen LogP contribution in [0.5, 0.6) is 0 Å². The molecule has 124 valence electrons. The Hall–Kier alpha value is -2.39. The van der Waals surface area contributed by atoms with E-state index in [9.17, 15) is 0 Å². The molecular formula is C17H19ClN6. The normalized spacial score (nSPS) is 15.2. The molecule has 0 radical (unpaired) electrons. The fourth-order valence-corrected chi connectivity index (χ4v) is 3.19. The minimum absolute atomic E-state index is 0.279. The van der Waals surface area contributed by atoms with Gasteiger partial charge in [0, 0.05) is 44.1 Å². The van der Waals surface area contributed by atoms with Crippen molar-refractivity contribution in [2.45, 2.75) is 25.8 Å². The highest BCUT2D eigenvalue weighted by Crippen LogP contribution is 2.25. The summed E-state index contributed by atoms with van der Waals surface area (Å²) in [6.45, 7) is 3.84. The third-order valence-electron chi connectivity index (χ3n) is 4.46. The van der Waals surface area contributed by atoms with Gasteiger partial charge >= 0.3 is 0 Å². The molecule has 0 amide bonds. The number of hydrogen-bond acceptors (Lipinski definition) is 6. The quantitative estimate of drug-likeness (QED) is 0.799. The van der Waals surface area contributed by atoms with E-state index < -0.39 is 0 Å². The summed E-state index contributed by atoms with van der Waals surface area (Å²) >= 11 is 5.94. The smallest absolute Gasteiger partial charge is 0.224 e. The summed E-state index contributed by atoms with van der Waals surface area (Å²) in [6.07, 6.45) is 5.41. The highest BCUT2D eigenvalue weighted by atomic mass is 35.5. The number of aromatic nitrogens is 3. The number of anilines is 2. The highest BCUT2D eigenvalue weighted by molar-refractivity contribution is 6.28. The Labute approximate surface area is 146 Å². The Morgan fingerprint density at radius 3 is 2.62 bits per heavy atom.